The van der Waals surface area contributed by atoms with Gasteiger partial charge in [0.2, 0.25) is 0 Å². The van der Waals surface area contributed by atoms with Crippen molar-refractivity contribution in [3.05, 3.63) is 65.7 Å². The van der Waals surface area contributed by atoms with Crippen molar-refractivity contribution in [3.63, 3.8) is 0 Å². The average Bonchev–Trinajstić information content (AvgIpc) is 2.88. The third-order valence-corrected chi connectivity index (χ3v) is 4.90. The number of hydrogen-bond acceptors (Lipinski definition) is 3. The zero-order chi connectivity index (χ0) is 16.1. The van der Waals surface area contributed by atoms with Gasteiger partial charge >= 0.3 is 6.03 Å². The molecule has 3 N–H and O–H groups in total. The Morgan fingerprint density at radius 2 is 1.87 bits per heavy atom. The van der Waals surface area contributed by atoms with Crippen molar-refractivity contribution < 1.29 is 9.90 Å². The molecule has 0 aromatic heterocycles. The summed E-state index contributed by atoms with van der Waals surface area (Å²) in [6.45, 7) is 0.579. The van der Waals surface area contributed by atoms with Gasteiger partial charge in [-0.3, -0.25) is 0 Å². The maximum atomic E-state index is 12.0. The molecule has 2 amide bonds. The lowest BCUT2D eigenvalue weighted by Gasteiger charge is -2.18. The Kier molecular flexibility index (Phi) is 5.20. The minimum absolute atomic E-state index is 0.237. The van der Waals surface area contributed by atoms with Crippen LogP contribution in [-0.2, 0) is 6.42 Å². The molecule has 4 nitrogen and oxygen atoms in total. The van der Waals surface area contributed by atoms with E-state index in [0.717, 1.165) is 16.9 Å². The first-order chi connectivity index (χ1) is 11.2. The van der Waals surface area contributed by atoms with Crippen molar-refractivity contribution in [1.82, 2.24) is 10.6 Å². The summed E-state index contributed by atoms with van der Waals surface area (Å²) in [4.78, 5) is 13.2. The minimum Gasteiger partial charge on any atom is -0.390 e. The third kappa shape index (κ3) is 4.06. The number of thioether (sulfide) groups is 1. The molecule has 1 aliphatic carbocycles. The van der Waals surface area contributed by atoms with Crippen LogP contribution in [0.25, 0.3) is 0 Å². The molecule has 0 aliphatic heterocycles. The van der Waals surface area contributed by atoms with E-state index in [1.807, 2.05) is 42.5 Å². The quantitative estimate of drug-likeness (QED) is 0.584. The summed E-state index contributed by atoms with van der Waals surface area (Å²) in [6.07, 6.45) is 0.0298. The first-order valence-corrected chi connectivity index (χ1v) is 8.70. The molecule has 0 heterocycles. The molecular formula is C18H20N2O2S. The van der Waals surface area contributed by atoms with E-state index < -0.39 is 6.10 Å². The fourth-order valence-corrected chi connectivity index (χ4v) is 3.58. The molecule has 120 valence electrons. The normalized spacial score (nSPS) is 19.2. The highest BCUT2D eigenvalue weighted by Gasteiger charge is 2.31. The molecular weight excluding hydrogens is 308 g/mol. The van der Waals surface area contributed by atoms with Crippen LogP contribution in [0.4, 0.5) is 4.79 Å². The van der Waals surface area contributed by atoms with E-state index in [2.05, 4.69) is 22.8 Å². The van der Waals surface area contributed by atoms with E-state index in [-0.39, 0.29) is 12.1 Å². The SMILES string of the molecule is O=C(NCCSc1ccccc1)NC1c2ccccc2CC1O. The molecule has 2 atom stereocenters. The highest BCUT2D eigenvalue weighted by Crippen LogP contribution is 2.31. The van der Waals surface area contributed by atoms with Gasteiger partial charge in [0.1, 0.15) is 0 Å². The van der Waals surface area contributed by atoms with Crippen molar-refractivity contribution in [2.24, 2.45) is 0 Å². The Morgan fingerprint density at radius 3 is 2.70 bits per heavy atom. The highest BCUT2D eigenvalue weighted by molar-refractivity contribution is 7.99. The Bertz CT molecular complexity index is 663. The van der Waals surface area contributed by atoms with Crippen LogP contribution in [0.2, 0.25) is 0 Å². The number of aliphatic hydroxyl groups excluding tert-OH is 1. The van der Waals surface area contributed by atoms with Gasteiger partial charge in [0.05, 0.1) is 12.1 Å². The van der Waals surface area contributed by atoms with Crippen molar-refractivity contribution in [3.8, 4) is 0 Å². The Hall–Kier alpha value is -1.98. The van der Waals surface area contributed by atoms with Crippen molar-refractivity contribution in [1.29, 1.82) is 0 Å². The van der Waals surface area contributed by atoms with Gasteiger partial charge in [-0.15, -0.1) is 11.8 Å². The summed E-state index contributed by atoms with van der Waals surface area (Å²) in [7, 11) is 0. The molecule has 23 heavy (non-hydrogen) atoms. The number of urea groups is 1. The molecule has 3 rings (SSSR count). The summed E-state index contributed by atoms with van der Waals surface area (Å²) in [5.74, 6) is 0.807. The van der Waals surface area contributed by atoms with E-state index in [9.17, 15) is 9.90 Å². The molecule has 0 spiro atoms. The Morgan fingerprint density at radius 1 is 1.13 bits per heavy atom. The first-order valence-electron chi connectivity index (χ1n) is 7.72. The summed E-state index contributed by atoms with van der Waals surface area (Å²) >= 11 is 1.70. The smallest absolute Gasteiger partial charge is 0.315 e. The number of nitrogens with one attached hydrogen (secondary N) is 2. The molecule has 2 unspecified atom stereocenters. The Labute approximate surface area is 140 Å². The molecule has 2 aromatic carbocycles. The fourth-order valence-electron chi connectivity index (χ4n) is 2.79. The van der Waals surface area contributed by atoms with Gasteiger partial charge in [-0.05, 0) is 23.3 Å². The van der Waals surface area contributed by atoms with Crippen LogP contribution >= 0.6 is 11.8 Å². The molecule has 0 radical (unpaired) electrons. The number of carbonyl (C=O) groups is 1. The number of amides is 2. The standard InChI is InChI=1S/C18H20N2O2S/c21-16-12-13-6-4-5-9-15(13)17(16)20-18(22)19-10-11-23-14-7-2-1-3-8-14/h1-9,16-17,21H,10-12H2,(H2,19,20,22). The second kappa shape index (κ2) is 7.53. The third-order valence-electron chi connectivity index (χ3n) is 3.89. The second-order valence-electron chi connectivity index (χ2n) is 5.51. The van der Waals surface area contributed by atoms with Crippen molar-refractivity contribution in [2.75, 3.05) is 12.3 Å². The van der Waals surface area contributed by atoms with Crippen LogP contribution in [0, 0.1) is 0 Å². The summed E-state index contributed by atoms with van der Waals surface area (Å²) in [6, 6.07) is 17.4. The lowest BCUT2D eigenvalue weighted by atomic mass is 10.1. The number of carbonyl (C=O) groups excluding carboxylic acids is 1. The van der Waals surface area contributed by atoms with Gasteiger partial charge < -0.3 is 15.7 Å². The van der Waals surface area contributed by atoms with Crippen LogP contribution < -0.4 is 10.6 Å². The zero-order valence-corrected chi connectivity index (χ0v) is 13.6. The van der Waals surface area contributed by atoms with E-state index in [4.69, 9.17) is 0 Å². The van der Waals surface area contributed by atoms with Gasteiger partial charge in [-0.25, -0.2) is 4.79 Å². The van der Waals surface area contributed by atoms with Crippen LogP contribution in [-0.4, -0.2) is 29.5 Å². The van der Waals surface area contributed by atoms with E-state index >= 15 is 0 Å². The van der Waals surface area contributed by atoms with Gasteiger partial charge in [0, 0.05) is 23.6 Å². The van der Waals surface area contributed by atoms with Crippen LogP contribution in [0.3, 0.4) is 0 Å². The molecule has 0 fully saturated rings. The number of benzene rings is 2. The molecule has 1 aliphatic rings. The molecule has 5 heteroatoms. The average molecular weight is 328 g/mol. The van der Waals surface area contributed by atoms with E-state index in [1.165, 1.54) is 4.90 Å². The van der Waals surface area contributed by atoms with Gasteiger partial charge in [-0.1, -0.05) is 42.5 Å². The fraction of sp³-hybridized carbons (Fsp3) is 0.278. The van der Waals surface area contributed by atoms with Gasteiger partial charge in [0.15, 0.2) is 0 Å². The maximum Gasteiger partial charge on any atom is 0.315 e. The van der Waals surface area contributed by atoms with Gasteiger partial charge in [-0.2, -0.15) is 0 Å². The largest absolute Gasteiger partial charge is 0.390 e. The van der Waals surface area contributed by atoms with Crippen LogP contribution in [0.1, 0.15) is 17.2 Å². The summed E-state index contributed by atoms with van der Waals surface area (Å²) in [5, 5.41) is 15.9. The molecule has 0 saturated heterocycles. The van der Waals surface area contributed by atoms with Crippen LogP contribution in [0.5, 0.6) is 0 Å². The van der Waals surface area contributed by atoms with Crippen molar-refractivity contribution in [2.45, 2.75) is 23.5 Å². The number of aliphatic hydroxyl groups is 1. The van der Waals surface area contributed by atoms with E-state index in [1.54, 1.807) is 11.8 Å². The summed E-state index contributed by atoms with van der Waals surface area (Å²) < 4.78 is 0. The Balaban J connectivity index is 1.45. The van der Waals surface area contributed by atoms with Crippen LogP contribution in [0.15, 0.2) is 59.5 Å². The lowest BCUT2D eigenvalue weighted by Crippen LogP contribution is -2.41. The summed E-state index contributed by atoms with van der Waals surface area (Å²) in [5.41, 5.74) is 2.11. The zero-order valence-electron chi connectivity index (χ0n) is 12.7. The maximum absolute atomic E-state index is 12.0. The number of hydrogen-bond donors (Lipinski definition) is 3. The molecule has 0 saturated carbocycles. The predicted octanol–water partition coefficient (Wildman–Crippen LogP) is 2.74. The second-order valence-corrected chi connectivity index (χ2v) is 6.68. The molecule has 2 aromatic rings. The minimum atomic E-state index is -0.558. The molecule has 0 bridgehead atoms. The van der Waals surface area contributed by atoms with Gasteiger partial charge in [0.25, 0.3) is 0 Å². The monoisotopic (exact) mass is 328 g/mol. The number of fused-ring (bicyclic) bond motifs is 1. The first kappa shape index (κ1) is 15.9. The lowest BCUT2D eigenvalue weighted by molar-refractivity contribution is 0.142. The van der Waals surface area contributed by atoms with Crippen molar-refractivity contribution >= 4 is 17.8 Å². The number of rotatable bonds is 5. The highest BCUT2D eigenvalue weighted by atomic mass is 32.2. The predicted molar refractivity (Wildman–Crippen MR) is 92.6 cm³/mol. The van der Waals surface area contributed by atoms with E-state index in [0.29, 0.717) is 13.0 Å². The topological polar surface area (TPSA) is 61.4 Å².